The molecule has 1 aliphatic heterocycles. The van der Waals surface area contributed by atoms with Gasteiger partial charge in [0.1, 0.15) is 0 Å². The van der Waals surface area contributed by atoms with Crippen molar-refractivity contribution >= 4 is 50.0 Å². The van der Waals surface area contributed by atoms with Gasteiger partial charge in [-0.05, 0) is 115 Å². The predicted octanol–water partition coefficient (Wildman–Crippen LogP) is 16.2. The number of allylic oxidation sites excluding steroid dienone is 2. The summed E-state index contributed by atoms with van der Waals surface area (Å²) in [4.78, 5) is 4.98. The lowest BCUT2D eigenvalue weighted by Gasteiger charge is -2.35. The molecule has 0 amide bonds. The second-order valence-corrected chi connectivity index (χ2v) is 17.6. The van der Waals surface area contributed by atoms with E-state index in [9.17, 15) is 0 Å². The van der Waals surface area contributed by atoms with Crippen molar-refractivity contribution < 1.29 is 0 Å². The third-order valence-corrected chi connectivity index (χ3v) is 14.3. The fourth-order valence-electron chi connectivity index (χ4n) is 11.4. The molecule has 0 fully saturated rings. The quantitative estimate of drug-likeness (QED) is 0.158. The summed E-state index contributed by atoms with van der Waals surface area (Å²) < 4.78 is 0. The van der Waals surface area contributed by atoms with E-state index in [2.05, 4.69) is 265 Å². The van der Waals surface area contributed by atoms with E-state index in [-0.39, 0.29) is 6.04 Å². The van der Waals surface area contributed by atoms with Crippen LogP contribution in [0.1, 0.15) is 33.7 Å². The zero-order valence-electron chi connectivity index (χ0n) is 35.8. The van der Waals surface area contributed by atoms with Gasteiger partial charge in [-0.2, -0.15) is 0 Å². The zero-order valence-corrected chi connectivity index (χ0v) is 35.8. The summed E-state index contributed by atoms with van der Waals surface area (Å²) in [7, 11) is 0. The molecule has 2 atom stereocenters. The van der Waals surface area contributed by atoms with Gasteiger partial charge in [-0.3, -0.25) is 0 Å². The van der Waals surface area contributed by atoms with E-state index in [0.717, 1.165) is 17.1 Å². The number of anilines is 5. The van der Waals surface area contributed by atoms with Crippen molar-refractivity contribution in [2.24, 2.45) is 0 Å². The number of benzene rings is 10. The van der Waals surface area contributed by atoms with Crippen LogP contribution in [0.3, 0.4) is 0 Å². The Morgan fingerprint density at radius 2 is 1.00 bits per heavy atom. The maximum absolute atomic E-state index is 2.53. The molecular weight excluding hydrogens is 785 g/mol. The average molecular weight is 829 g/mol. The molecule has 1 heterocycles. The highest BCUT2D eigenvalue weighted by Gasteiger charge is 2.46. The summed E-state index contributed by atoms with van der Waals surface area (Å²) >= 11 is 0. The molecule has 306 valence electrons. The number of hydrogen-bond acceptors (Lipinski definition) is 2. The van der Waals surface area contributed by atoms with E-state index in [4.69, 9.17) is 0 Å². The lowest BCUT2D eigenvalue weighted by molar-refractivity contribution is 0.747. The van der Waals surface area contributed by atoms with E-state index in [1.807, 2.05) is 0 Å². The minimum atomic E-state index is -0.499. The summed E-state index contributed by atoms with van der Waals surface area (Å²) in [5, 5.41) is 5.05. The fraction of sp³-hybridized carbons (Fsp3) is 0.0476. The highest BCUT2D eigenvalue weighted by molar-refractivity contribution is 6.00. The molecule has 0 aromatic heterocycles. The van der Waals surface area contributed by atoms with Crippen molar-refractivity contribution in [2.75, 3.05) is 9.80 Å². The zero-order chi connectivity index (χ0) is 42.9. The minimum absolute atomic E-state index is 0.241. The van der Waals surface area contributed by atoms with Gasteiger partial charge in [0.15, 0.2) is 0 Å². The van der Waals surface area contributed by atoms with Crippen LogP contribution in [-0.4, -0.2) is 6.04 Å². The third kappa shape index (κ3) is 5.74. The monoisotopic (exact) mass is 828 g/mol. The van der Waals surface area contributed by atoms with E-state index in [1.165, 1.54) is 83.0 Å². The number of hydrogen-bond donors (Lipinski definition) is 0. The summed E-state index contributed by atoms with van der Waals surface area (Å²) in [6.07, 6.45) is 9.13. The van der Waals surface area contributed by atoms with Crippen LogP contribution in [-0.2, 0) is 5.41 Å². The Bertz CT molecular complexity index is 3450. The van der Waals surface area contributed by atoms with E-state index >= 15 is 0 Å². The van der Waals surface area contributed by atoms with E-state index in [0.29, 0.717) is 5.92 Å². The largest absolute Gasteiger partial charge is 0.333 e. The number of nitrogens with zero attached hydrogens (tertiary/aromatic N) is 2. The Morgan fingerprint density at radius 3 is 1.75 bits per heavy atom. The van der Waals surface area contributed by atoms with Gasteiger partial charge in [-0.15, -0.1) is 0 Å². The van der Waals surface area contributed by atoms with Gasteiger partial charge >= 0.3 is 0 Å². The lowest BCUT2D eigenvalue weighted by Crippen LogP contribution is -2.28. The summed E-state index contributed by atoms with van der Waals surface area (Å²) in [5.41, 5.74) is 16.8. The first-order chi connectivity index (χ1) is 32.3. The van der Waals surface area contributed by atoms with Gasteiger partial charge in [0.2, 0.25) is 0 Å². The van der Waals surface area contributed by atoms with E-state index in [1.54, 1.807) is 0 Å². The molecule has 13 rings (SSSR count). The fourth-order valence-corrected chi connectivity index (χ4v) is 11.4. The maximum atomic E-state index is 2.53. The van der Waals surface area contributed by atoms with Crippen molar-refractivity contribution in [1.29, 1.82) is 0 Å². The molecule has 0 spiro atoms. The highest BCUT2D eigenvalue weighted by atomic mass is 15.2. The highest BCUT2D eigenvalue weighted by Crippen LogP contribution is 2.57. The second kappa shape index (κ2) is 15.0. The Kier molecular flexibility index (Phi) is 8.60. The Hall–Kier alpha value is -8.20. The van der Waals surface area contributed by atoms with Gasteiger partial charge in [0.25, 0.3) is 0 Å². The molecule has 0 saturated carbocycles. The topological polar surface area (TPSA) is 6.48 Å². The first kappa shape index (κ1) is 37.4. The van der Waals surface area contributed by atoms with Gasteiger partial charge in [0.05, 0.1) is 17.1 Å². The molecule has 2 nitrogen and oxygen atoms in total. The Labute approximate surface area is 380 Å². The first-order valence-electron chi connectivity index (χ1n) is 22.8. The molecule has 2 aliphatic carbocycles. The SMILES string of the molecule is C1=CC2c3c(ccc4ccccc34)N(c3ccc(-c4ccc(N(c5ccc6c(c5)C(c5ccccc5)(c5ccccc5)c5ccccc5-6)c5cccc6ccccc56)cc4)cc3)C2C=C1. The van der Waals surface area contributed by atoms with Crippen LogP contribution in [0.2, 0.25) is 0 Å². The van der Waals surface area contributed by atoms with Crippen LogP contribution in [0.5, 0.6) is 0 Å². The van der Waals surface area contributed by atoms with Crippen LogP contribution in [0, 0.1) is 0 Å². The second-order valence-electron chi connectivity index (χ2n) is 17.6. The molecule has 10 aromatic rings. The van der Waals surface area contributed by atoms with E-state index < -0.39 is 5.41 Å². The minimum Gasteiger partial charge on any atom is -0.333 e. The molecule has 3 aliphatic rings. The van der Waals surface area contributed by atoms with Crippen LogP contribution < -0.4 is 9.80 Å². The average Bonchev–Trinajstić information content (AvgIpc) is 3.88. The Morgan fingerprint density at radius 1 is 0.415 bits per heavy atom. The van der Waals surface area contributed by atoms with Crippen molar-refractivity contribution in [1.82, 2.24) is 0 Å². The van der Waals surface area contributed by atoms with Gasteiger partial charge in [0, 0.05) is 34.1 Å². The molecule has 0 N–H and O–H groups in total. The normalized spacial score (nSPS) is 16.3. The smallest absolute Gasteiger partial charge is 0.0714 e. The molecule has 2 unspecified atom stereocenters. The standard InChI is InChI=1S/C63H44N2/c1-3-19-47(20-4-1)63(48-21-5-2-6-22-48)57-27-13-11-25-54(57)55-40-39-51(42-58(55)63)64(59-29-15-18-45-16-7-9-23-52(45)59)49-35-30-43(31-36-49)44-32-37-50(38-33-44)65-60-28-14-12-26-56(60)62-53-24-10-8-17-46(53)34-41-61(62)65/h1-42,56,60H. The number of rotatable bonds is 7. The molecule has 0 bridgehead atoms. The van der Waals surface area contributed by atoms with Crippen molar-refractivity contribution in [3.63, 3.8) is 0 Å². The molecule has 0 saturated heterocycles. The first-order valence-corrected chi connectivity index (χ1v) is 22.8. The molecule has 65 heavy (non-hydrogen) atoms. The van der Waals surface area contributed by atoms with Crippen LogP contribution >= 0.6 is 0 Å². The number of fused-ring (bicyclic) bond motifs is 9. The molecule has 2 heteroatoms. The maximum Gasteiger partial charge on any atom is 0.0714 e. The van der Waals surface area contributed by atoms with Crippen molar-refractivity contribution in [2.45, 2.75) is 17.4 Å². The lowest BCUT2D eigenvalue weighted by atomic mass is 9.67. The van der Waals surface area contributed by atoms with Gasteiger partial charge in [-0.1, -0.05) is 206 Å². The molecule has 10 aromatic carbocycles. The van der Waals surface area contributed by atoms with Crippen LogP contribution in [0.25, 0.3) is 43.8 Å². The predicted molar refractivity (Wildman–Crippen MR) is 272 cm³/mol. The summed E-state index contributed by atoms with van der Waals surface area (Å²) in [6.45, 7) is 0. The van der Waals surface area contributed by atoms with Crippen LogP contribution in [0.15, 0.2) is 255 Å². The molecule has 0 radical (unpaired) electrons. The summed E-state index contributed by atoms with van der Waals surface area (Å²) in [5.74, 6) is 0.312. The van der Waals surface area contributed by atoms with Crippen LogP contribution in [0.4, 0.5) is 28.4 Å². The van der Waals surface area contributed by atoms with Crippen molar-refractivity contribution in [3.05, 3.63) is 283 Å². The van der Waals surface area contributed by atoms with Crippen molar-refractivity contribution in [3.8, 4) is 22.3 Å². The Balaban J connectivity index is 0.922. The van der Waals surface area contributed by atoms with Gasteiger partial charge in [-0.25, -0.2) is 0 Å². The molecular formula is C63H44N2. The van der Waals surface area contributed by atoms with Gasteiger partial charge < -0.3 is 9.80 Å². The summed E-state index contributed by atoms with van der Waals surface area (Å²) in [6, 6.07) is 85.6. The third-order valence-electron chi connectivity index (χ3n) is 14.3.